The summed E-state index contributed by atoms with van der Waals surface area (Å²) in [6.07, 6.45) is -0.800. The first kappa shape index (κ1) is 19.4. The van der Waals surface area contributed by atoms with Gasteiger partial charge in [-0.25, -0.2) is 14.6 Å². The van der Waals surface area contributed by atoms with E-state index in [1.54, 1.807) is 19.1 Å². The highest BCUT2D eigenvalue weighted by atomic mass is 16.6. The largest absolute Gasteiger partial charge is 0.479 e. The molecule has 1 atom stereocenters. The molecule has 6 nitrogen and oxygen atoms in total. The van der Waals surface area contributed by atoms with Crippen molar-refractivity contribution in [2.75, 3.05) is 7.11 Å². The second kappa shape index (κ2) is 8.52. The molecule has 0 aliphatic carbocycles. The van der Waals surface area contributed by atoms with Crippen LogP contribution in [0.15, 0.2) is 54.6 Å². The Labute approximate surface area is 163 Å². The van der Waals surface area contributed by atoms with E-state index in [1.165, 1.54) is 7.11 Å². The number of fused-ring (bicyclic) bond motifs is 1. The predicted octanol–water partition coefficient (Wildman–Crippen LogP) is 3.84. The molecule has 0 aliphatic rings. The van der Waals surface area contributed by atoms with Crippen molar-refractivity contribution in [1.29, 1.82) is 0 Å². The number of esters is 2. The van der Waals surface area contributed by atoms with Crippen LogP contribution in [0.2, 0.25) is 0 Å². The molecule has 144 valence electrons. The van der Waals surface area contributed by atoms with Gasteiger partial charge in [0.15, 0.2) is 6.10 Å². The van der Waals surface area contributed by atoms with E-state index in [4.69, 9.17) is 14.2 Å². The molecular weight excluding hydrogens is 358 g/mol. The lowest BCUT2D eigenvalue weighted by molar-refractivity contribution is -0.152. The molecule has 0 saturated carbocycles. The first-order chi connectivity index (χ1) is 13.5. The number of ether oxygens (including phenoxy) is 3. The molecule has 6 heteroatoms. The van der Waals surface area contributed by atoms with E-state index in [0.717, 1.165) is 10.9 Å². The van der Waals surface area contributed by atoms with E-state index in [-0.39, 0.29) is 6.61 Å². The van der Waals surface area contributed by atoms with E-state index >= 15 is 0 Å². The number of hydrogen-bond donors (Lipinski definition) is 0. The summed E-state index contributed by atoms with van der Waals surface area (Å²) in [5.41, 5.74) is 2.11. The van der Waals surface area contributed by atoms with Crippen LogP contribution in [0.25, 0.3) is 10.9 Å². The number of para-hydroxylation sites is 2. The maximum absolute atomic E-state index is 12.3. The average molecular weight is 379 g/mol. The quantitative estimate of drug-likeness (QED) is 0.606. The van der Waals surface area contributed by atoms with E-state index in [2.05, 4.69) is 4.98 Å². The molecule has 0 bridgehead atoms. The highest BCUT2D eigenvalue weighted by molar-refractivity contribution is 5.98. The van der Waals surface area contributed by atoms with Gasteiger partial charge in [0, 0.05) is 5.39 Å². The Kier molecular flexibility index (Phi) is 5.89. The van der Waals surface area contributed by atoms with Crippen molar-refractivity contribution in [1.82, 2.24) is 4.98 Å². The van der Waals surface area contributed by atoms with Gasteiger partial charge in [-0.15, -0.1) is 0 Å². The van der Waals surface area contributed by atoms with Crippen LogP contribution in [-0.4, -0.2) is 30.1 Å². The molecule has 3 aromatic rings. The van der Waals surface area contributed by atoms with Crippen molar-refractivity contribution in [3.05, 3.63) is 71.4 Å². The first-order valence-corrected chi connectivity index (χ1v) is 8.86. The molecule has 2 aromatic carbocycles. The van der Waals surface area contributed by atoms with Crippen LogP contribution >= 0.6 is 0 Å². The lowest BCUT2D eigenvalue weighted by Gasteiger charge is -2.16. The zero-order valence-electron chi connectivity index (χ0n) is 16.0. The van der Waals surface area contributed by atoms with Gasteiger partial charge < -0.3 is 14.2 Å². The highest BCUT2D eigenvalue weighted by Gasteiger charge is 2.22. The van der Waals surface area contributed by atoms with Crippen molar-refractivity contribution in [3.8, 4) is 5.75 Å². The summed E-state index contributed by atoms with van der Waals surface area (Å²) in [7, 11) is 1.31. The Morgan fingerprint density at radius 2 is 1.71 bits per heavy atom. The smallest absolute Gasteiger partial charge is 0.347 e. The van der Waals surface area contributed by atoms with Crippen molar-refractivity contribution >= 4 is 22.8 Å². The Bertz CT molecular complexity index is 1000. The van der Waals surface area contributed by atoms with Gasteiger partial charge in [-0.1, -0.05) is 36.4 Å². The van der Waals surface area contributed by atoms with Gasteiger partial charge in [0.05, 0.1) is 23.9 Å². The minimum absolute atomic E-state index is 0.155. The number of aromatic nitrogens is 1. The lowest BCUT2D eigenvalue weighted by Crippen LogP contribution is -2.26. The number of benzene rings is 2. The van der Waals surface area contributed by atoms with Gasteiger partial charge in [0.25, 0.3) is 0 Å². The van der Waals surface area contributed by atoms with Crippen molar-refractivity contribution in [2.24, 2.45) is 0 Å². The maximum Gasteiger partial charge on any atom is 0.347 e. The Hall–Kier alpha value is -3.41. The zero-order valence-corrected chi connectivity index (χ0v) is 16.0. The third-order valence-electron chi connectivity index (χ3n) is 4.36. The van der Waals surface area contributed by atoms with Crippen molar-refractivity contribution in [2.45, 2.75) is 26.6 Å². The summed E-state index contributed by atoms with van der Waals surface area (Å²) in [5, 5.41) is 0.846. The lowest BCUT2D eigenvalue weighted by atomic mass is 10.0. The molecule has 0 fully saturated rings. The van der Waals surface area contributed by atoms with Crippen LogP contribution in [0.5, 0.6) is 5.75 Å². The van der Waals surface area contributed by atoms with Crippen LogP contribution < -0.4 is 4.74 Å². The molecule has 0 amide bonds. The first-order valence-electron chi connectivity index (χ1n) is 8.86. The fourth-order valence-electron chi connectivity index (χ4n) is 2.93. The molecule has 0 N–H and O–H groups in total. The Morgan fingerprint density at radius 3 is 2.43 bits per heavy atom. The Morgan fingerprint density at radius 1 is 1.04 bits per heavy atom. The van der Waals surface area contributed by atoms with E-state index in [1.807, 2.05) is 49.4 Å². The zero-order chi connectivity index (χ0) is 20.1. The molecular formula is C22H21NO5. The summed E-state index contributed by atoms with van der Waals surface area (Å²) < 4.78 is 15.8. The monoisotopic (exact) mass is 379 g/mol. The number of hydrogen-bond acceptors (Lipinski definition) is 6. The number of aryl methyl sites for hydroxylation is 1. The van der Waals surface area contributed by atoms with E-state index < -0.39 is 18.0 Å². The molecule has 0 saturated heterocycles. The van der Waals surface area contributed by atoms with Crippen LogP contribution in [0.4, 0.5) is 0 Å². The number of carbonyl (C=O) groups excluding carboxylic acids is 2. The van der Waals surface area contributed by atoms with Crippen LogP contribution in [0.1, 0.15) is 28.5 Å². The second-order valence-electron chi connectivity index (χ2n) is 6.25. The maximum atomic E-state index is 12.3. The predicted molar refractivity (Wildman–Crippen MR) is 104 cm³/mol. The van der Waals surface area contributed by atoms with Gasteiger partial charge in [0.2, 0.25) is 0 Å². The number of rotatable bonds is 6. The highest BCUT2D eigenvalue weighted by Crippen LogP contribution is 2.24. The van der Waals surface area contributed by atoms with Gasteiger partial charge in [-0.05, 0) is 37.6 Å². The minimum Gasteiger partial charge on any atom is -0.479 e. The SMILES string of the molecule is COC(=O)c1c(COC(=O)C(C)Oc2ccccc2)nc2ccccc2c1C. The van der Waals surface area contributed by atoms with E-state index in [0.29, 0.717) is 22.5 Å². The third kappa shape index (κ3) is 4.11. The molecule has 1 heterocycles. The molecule has 1 unspecified atom stereocenters. The fourth-order valence-corrected chi connectivity index (χ4v) is 2.93. The number of nitrogens with zero attached hydrogens (tertiary/aromatic N) is 1. The normalized spacial score (nSPS) is 11.7. The minimum atomic E-state index is -0.800. The average Bonchev–Trinajstić information content (AvgIpc) is 2.72. The molecule has 0 spiro atoms. The third-order valence-corrected chi connectivity index (χ3v) is 4.36. The molecule has 1 aromatic heterocycles. The molecule has 28 heavy (non-hydrogen) atoms. The summed E-state index contributed by atoms with van der Waals surface area (Å²) in [5.74, 6) is -0.496. The molecule has 0 radical (unpaired) electrons. The summed E-state index contributed by atoms with van der Waals surface area (Å²) in [6, 6.07) is 16.5. The molecule has 3 rings (SSSR count). The molecule has 0 aliphatic heterocycles. The summed E-state index contributed by atoms with van der Waals surface area (Å²) in [6.45, 7) is 3.27. The number of carbonyl (C=O) groups is 2. The number of pyridine rings is 1. The van der Waals surface area contributed by atoms with Crippen molar-refractivity contribution < 1.29 is 23.8 Å². The van der Waals surface area contributed by atoms with Crippen molar-refractivity contribution in [3.63, 3.8) is 0 Å². The van der Waals surface area contributed by atoms with E-state index in [9.17, 15) is 9.59 Å². The van der Waals surface area contributed by atoms with Gasteiger partial charge in [-0.3, -0.25) is 0 Å². The summed E-state index contributed by atoms with van der Waals surface area (Å²) in [4.78, 5) is 29.1. The summed E-state index contributed by atoms with van der Waals surface area (Å²) >= 11 is 0. The number of methoxy groups -OCH3 is 1. The van der Waals surface area contributed by atoms with Gasteiger partial charge in [-0.2, -0.15) is 0 Å². The second-order valence-corrected chi connectivity index (χ2v) is 6.25. The van der Waals surface area contributed by atoms with Gasteiger partial charge >= 0.3 is 11.9 Å². The topological polar surface area (TPSA) is 74.7 Å². The van der Waals surface area contributed by atoms with Crippen LogP contribution in [-0.2, 0) is 20.9 Å². The van der Waals surface area contributed by atoms with Crippen LogP contribution in [0.3, 0.4) is 0 Å². The Balaban J connectivity index is 1.81. The van der Waals surface area contributed by atoms with Gasteiger partial charge in [0.1, 0.15) is 12.4 Å². The van der Waals surface area contributed by atoms with Crippen LogP contribution in [0, 0.1) is 6.92 Å². The standard InChI is InChI=1S/C22H21NO5/c1-14-17-11-7-8-12-18(17)23-19(20(14)22(25)26-3)13-27-21(24)15(2)28-16-9-5-4-6-10-16/h4-12,15H,13H2,1-3H3. The fraction of sp³-hybridized carbons (Fsp3) is 0.227.